The summed E-state index contributed by atoms with van der Waals surface area (Å²) in [4.78, 5) is 47.7. The number of carbonyl (C=O) groups is 2. The number of aromatic nitrogens is 2. The van der Waals surface area contributed by atoms with Crippen LogP contribution in [0.1, 0.15) is 15.9 Å². The molecule has 2 rings (SSSR count). The molecule has 0 unspecified atom stereocenters. The number of Topliss-reactive ketones (excluding diaryl/α,β-unsaturated/α-hetero) is 1. The van der Waals surface area contributed by atoms with Crippen LogP contribution in [0.5, 0.6) is 0 Å². The van der Waals surface area contributed by atoms with Gasteiger partial charge in [-0.3, -0.25) is 18.7 Å². The standard InChI is InChI=1S/C17H16ClN3O5/c1-20-15(19)14(16(24)21(2)17(20)25)12(22)9-26-13(23)8-5-10-3-6-11(18)7-4-10/h3-8H,9,19H2,1-2H3. The first-order valence-corrected chi connectivity index (χ1v) is 7.79. The zero-order chi connectivity index (χ0) is 19.4. The molecule has 1 aromatic carbocycles. The van der Waals surface area contributed by atoms with E-state index in [1.54, 1.807) is 24.3 Å². The average molecular weight is 378 g/mol. The minimum atomic E-state index is -0.844. The van der Waals surface area contributed by atoms with Gasteiger partial charge in [0.1, 0.15) is 11.4 Å². The van der Waals surface area contributed by atoms with Crippen molar-refractivity contribution in [1.82, 2.24) is 9.13 Å². The van der Waals surface area contributed by atoms with Gasteiger partial charge in [-0.2, -0.15) is 0 Å². The third-order valence-corrected chi connectivity index (χ3v) is 3.87. The molecule has 9 heteroatoms. The molecule has 0 saturated carbocycles. The van der Waals surface area contributed by atoms with Crippen molar-refractivity contribution in [3.05, 3.63) is 67.3 Å². The highest BCUT2D eigenvalue weighted by atomic mass is 35.5. The molecule has 0 radical (unpaired) electrons. The van der Waals surface area contributed by atoms with Gasteiger partial charge in [-0.05, 0) is 23.8 Å². The van der Waals surface area contributed by atoms with Gasteiger partial charge in [0.15, 0.2) is 6.61 Å². The van der Waals surface area contributed by atoms with E-state index in [9.17, 15) is 19.2 Å². The van der Waals surface area contributed by atoms with Gasteiger partial charge in [-0.15, -0.1) is 0 Å². The highest BCUT2D eigenvalue weighted by Crippen LogP contribution is 2.10. The van der Waals surface area contributed by atoms with Crippen LogP contribution in [0.15, 0.2) is 39.9 Å². The van der Waals surface area contributed by atoms with Crippen molar-refractivity contribution in [2.45, 2.75) is 0 Å². The number of nitrogen functional groups attached to an aromatic ring is 1. The molecule has 0 aliphatic rings. The number of nitrogens with zero attached hydrogens (tertiary/aromatic N) is 2. The summed E-state index contributed by atoms with van der Waals surface area (Å²) >= 11 is 5.76. The number of ketones is 1. The molecule has 0 fully saturated rings. The lowest BCUT2D eigenvalue weighted by Gasteiger charge is -2.10. The van der Waals surface area contributed by atoms with Crippen LogP contribution in [-0.2, 0) is 23.6 Å². The number of anilines is 1. The summed E-state index contributed by atoms with van der Waals surface area (Å²) in [5.74, 6) is -1.85. The Labute approximate surface area is 153 Å². The zero-order valence-electron chi connectivity index (χ0n) is 14.1. The third kappa shape index (κ3) is 4.09. The molecule has 136 valence electrons. The van der Waals surface area contributed by atoms with Gasteiger partial charge >= 0.3 is 11.7 Å². The fraction of sp³-hybridized carbons (Fsp3) is 0.176. The molecule has 0 amide bonds. The van der Waals surface area contributed by atoms with E-state index in [-0.39, 0.29) is 5.82 Å². The molecule has 0 aliphatic carbocycles. The molecule has 8 nitrogen and oxygen atoms in total. The Kier molecular flexibility index (Phi) is 5.78. The van der Waals surface area contributed by atoms with Gasteiger partial charge in [0.25, 0.3) is 5.56 Å². The summed E-state index contributed by atoms with van der Waals surface area (Å²) < 4.78 is 6.56. The first-order valence-electron chi connectivity index (χ1n) is 7.41. The number of halogens is 1. The zero-order valence-corrected chi connectivity index (χ0v) is 14.8. The second-order valence-corrected chi connectivity index (χ2v) is 5.82. The van der Waals surface area contributed by atoms with Crippen LogP contribution in [0.25, 0.3) is 6.08 Å². The summed E-state index contributed by atoms with van der Waals surface area (Å²) in [6.07, 6.45) is 2.63. The van der Waals surface area contributed by atoms with Gasteiger partial charge in [-0.25, -0.2) is 9.59 Å². The number of benzene rings is 1. The summed E-state index contributed by atoms with van der Waals surface area (Å²) in [6, 6.07) is 6.72. The minimum absolute atomic E-state index is 0.282. The van der Waals surface area contributed by atoms with Crippen molar-refractivity contribution in [2.24, 2.45) is 14.1 Å². The van der Waals surface area contributed by atoms with Crippen LogP contribution in [0.3, 0.4) is 0 Å². The Balaban J connectivity index is 2.09. The lowest BCUT2D eigenvalue weighted by molar-refractivity contribution is -0.136. The topological polar surface area (TPSA) is 113 Å². The van der Waals surface area contributed by atoms with E-state index in [1.807, 2.05) is 0 Å². The monoisotopic (exact) mass is 377 g/mol. The van der Waals surface area contributed by atoms with Crippen LogP contribution in [0, 0.1) is 0 Å². The van der Waals surface area contributed by atoms with Crippen LogP contribution in [0.4, 0.5) is 5.82 Å². The van der Waals surface area contributed by atoms with E-state index in [0.29, 0.717) is 10.6 Å². The molecular weight excluding hydrogens is 362 g/mol. The van der Waals surface area contributed by atoms with Crippen LogP contribution >= 0.6 is 11.6 Å². The van der Waals surface area contributed by atoms with Crippen molar-refractivity contribution in [3.8, 4) is 0 Å². The van der Waals surface area contributed by atoms with E-state index in [4.69, 9.17) is 22.1 Å². The van der Waals surface area contributed by atoms with E-state index in [1.165, 1.54) is 20.2 Å². The summed E-state index contributed by atoms with van der Waals surface area (Å²) in [6.45, 7) is -0.679. The molecule has 0 atom stereocenters. The fourth-order valence-corrected chi connectivity index (χ4v) is 2.24. The third-order valence-electron chi connectivity index (χ3n) is 3.62. The van der Waals surface area contributed by atoms with Crippen molar-refractivity contribution in [3.63, 3.8) is 0 Å². The maximum atomic E-state index is 12.2. The Morgan fingerprint density at radius 3 is 2.38 bits per heavy atom. The van der Waals surface area contributed by atoms with Gasteiger partial charge in [0, 0.05) is 25.2 Å². The molecule has 0 saturated heterocycles. The number of nitrogens with two attached hydrogens (primary N) is 1. The fourth-order valence-electron chi connectivity index (χ4n) is 2.12. The first-order chi connectivity index (χ1) is 12.2. The number of esters is 1. The SMILES string of the molecule is Cn1c(N)c(C(=O)COC(=O)C=Cc2ccc(Cl)cc2)c(=O)n(C)c1=O. The number of rotatable bonds is 5. The van der Waals surface area contributed by atoms with Crippen molar-refractivity contribution in [2.75, 3.05) is 12.3 Å². The lowest BCUT2D eigenvalue weighted by atomic mass is 10.2. The van der Waals surface area contributed by atoms with Crippen molar-refractivity contribution >= 4 is 35.2 Å². The average Bonchev–Trinajstić information content (AvgIpc) is 2.62. The van der Waals surface area contributed by atoms with Crippen LogP contribution in [-0.4, -0.2) is 27.5 Å². The molecule has 0 bridgehead atoms. The van der Waals surface area contributed by atoms with Gasteiger partial charge in [-0.1, -0.05) is 23.7 Å². The quantitative estimate of drug-likeness (QED) is 0.467. The second-order valence-electron chi connectivity index (χ2n) is 5.38. The second kappa shape index (κ2) is 7.83. The van der Waals surface area contributed by atoms with Crippen molar-refractivity contribution in [1.29, 1.82) is 0 Å². The summed E-state index contributed by atoms with van der Waals surface area (Å²) in [5.41, 5.74) is 4.48. The molecule has 2 aromatic rings. The van der Waals surface area contributed by atoms with Crippen molar-refractivity contribution < 1.29 is 14.3 Å². The molecule has 2 N–H and O–H groups in total. The molecule has 0 spiro atoms. The van der Waals surface area contributed by atoms with Gasteiger partial charge in [0.05, 0.1) is 0 Å². The molecule has 26 heavy (non-hydrogen) atoms. The summed E-state index contributed by atoms with van der Waals surface area (Å²) in [5, 5.41) is 0.562. The first kappa shape index (κ1) is 19.2. The van der Waals surface area contributed by atoms with E-state index >= 15 is 0 Å². The largest absolute Gasteiger partial charge is 0.454 e. The maximum Gasteiger partial charge on any atom is 0.332 e. The Morgan fingerprint density at radius 2 is 1.77 bits per heavy atom. The van der Waals surface area contributed by atoms with Gasteiger partial charge < -0.3 is 10.5 Å². The highest BCUT2D eigenvalue weighted by Gasteiger charge is 2.21. The number of ether oxygens (including phenoxy) is 1. The minimum Gasteiger partial charge on any atom is -0.454 e. The molecule has 0 aliphatic heterocycles. The Hall–Kier alpha value is -3.13. The summed E-state index contributed by atoms with van der Waals surface area (Å²) in [7, 11) is 2.55. The van der Waals surface area contributed by atoms with Gasteiger partial charge in [0.2, 0.25) is 5.78 Å². The number of hydrogen-bond donors (Lipinski definition) is 1. The predicted molar refractivity (Wildman–Crippen MR) is 97.1 cm³/mol. The predicted octanol–water partition coefficient (Wildman–Crippen LogP) is 0.759. The number of hydrogen-bond acceptors (Lipinski definition) is 6. The Morgan fingerprint density at radius 1 is 1.15 bits per heavy atom. The maximum absolute atomic E-state index is 12.2. The Bertz CT molecular complexity index is 1000. The lowest BCUT2D eigenvalue weighted by Crippen LogP contribution is -2.42. The number of carbonyl (C=O) groups excluding carboxylic acids is 2. The molecule has 1 aromatic heterocycles. The van der Waals surface area contributed by atoms with E-state index in [2.05, 4.69) is 0 Å². The van der Waals surface area contributed by atoms with E-state index in [0.717, 1.165) is 15.2 Å². The van der Waals surface area contributed by atoms with Crippen LogP contribution in [0.2, 0.25) is 5.02 Å². The van der Waals surface area contributed by atoms with Crippen LogP contribution < -0.4 is 17.0 Å². The highest BCUT2D eigenvalue weighted by molar-refractivity contribution is 6.30. The van der Waals surface area contributed by atoms with E-state index < -0.39 is 35.2 Å². The normalized spacial score (nSPS) is 10.9. The molecular formula is C17H16ClN3O5. The molecule has 1 heterocycles. The smallest absolute Gasteiger partial charge is 0.332 e.